The van der Waals surface area contributed by atoms with Crippen LogP contribution in [-0.2, 0) is 0 Å². The predicted molar refractivity (Wildman–Crippen MR) is 116 cm³/mol. The second-order valence-electron chi connectivity index (χ2n) is 8.07. The Hall–Kier alpha value is -2.50. The maximum Gasteiger partial charge on any atom is 0.128 e. The molecule has 1 aliphatic heterocycles. The van der Waals surface area contributed by atoms with Crippen molar-refractivity contribution in [2.45, 2.75) is 31.8 Å². The molecule has 0 aliphatic carbocycles. The zero-order chi connectivity index (χ0) is 20.1. The van der Waals surface area contributed by atoms with Crippen LogP contribution in [0.2, 0.25) is 0 Å². The fourth-order valence-corrected chi connectivity index (χ4v) is 3.93. The van der Waals surface area contributed by atoms with Crippen LogP contribution in [0.1, 0.15) is 24.8 Å². The molecule has 29 heavy (non-hydrogen) atoms. The van der Waals surface area contributed by atoms with E-state index in [0.717, 1.165) is 61.3 Å². The number of hydrogen-bond donors (Lipinski definition) is 2. The zero-order valence-electron chi connectivity index (χ0n) is 17.1. The highest BCUT2D eigenvalue weighted by Crippen LogP contribution is 2.27. The Morgan fingerprint density at radius 1 is 1.07 bits per heavy atom. The van der Waals surface area contributed by atoms with Gasteiger partial charge in [-0.3, -0.25) is 0 Å². The number of rotatable bonds is 8. The van der Waals surface area contributed by atoms with Gasteiger partial charge in [-0.05, 0) is 62.1 Å². The number of aromatic nitrogens is 1. The summed E-state index contributed by atoms with van der Waals surface area (Å²) in [6.07, 6.45) is 4.40. The number of aryl methyl sites for hydroxylation is 1. The van der Waals surface area contributed by atoms with Gasteiger partial charge in [0.15, 0.2) is 0 Å². The molecule has 0 bridgehead atoms. The summed E-state index contributed by atoms with van der Waals surface area (Å²) in [5.74, 6) is 1.76. The number of likely N-dealkylation sites (tertiary alicyclic amines) is 1. The number of aliphatic hydroxyl groups is 1. The van der Waals surface area contributed by atoms with E-state index >= 15 is 0 Å². The first-order chi connectivity index (χ1) is 14.1. The molecule has 2 N–H and O–H groups in total. The first-order valence-electron chi connectivity index (χ1n) is 10.4. The zero-order valence-corrected chi connectivity index (χ0v) is 17.1. The second-order valence-corrected chi connectivity index (χ2v) is 8.07. The number of hydrogen-bond acceptors (Lipinski definition) is 4. The van der Waals surface area contributed by atoms with Gasteiger partial charge in [-0.1, -0.05) is 18.2 Å². The van der Waals surface area contributed by atoms with E-state index in [9.17, 15) is 5.11 Å². The van der Waals surface area contributed by atoms with Crippen LogP contribution in [0.5, 0.6) is 11.5 Å². The van der Waals surface area contributed by atoms with Crippen LogP contribution in [0, 0.1) is 6.92 Å². The van der Waals surface area contributed by atoms with Crippen LogP contribution in [0.15, 0.2) is 54.7 Å². The van der Waals surface area contributed by atoms with Crippen molar-refractivity contribution in [2.24, 2.45) is 0 Å². The Morgan fingerprint density at radius 3 is 2.66 bits per heavy atom. The lowest BCUT2D eigenvalue weighted by atomic mass is 9.92. The molecule has 0 unspecified atom stereocenters. The summed E-state index contributed by atoms with van der Waals surface area (Å²) < 4.78 is 11.8. The Morgan fingerprint density at radius 2 is 1.86 bits per heavy atom. The highest BCUT2D eigenvalue weighted by Gasteiger charge is 2.32. The van der Waals surface area contributed by atoms with Crippen molar-refractivity contribution in [3.05, 3.63) is 60.3 Å². The molecule has 5 nitrogen and oxygen atoms in total. The van der Waals surface area contributed by atoms with Crippen LogP contribution >= 0.6 is 0 Å². The summed E-state index contributed by atoms with van der Waals surface area (Å²) in [5.41, 5.74) is 1.58. The lowest BCUT2D eigenvalue weighted by Gasteiger charge is -2.37. The Bertz CT molecular complexity index is 914. The Kier molecular flexibility index (Phi) is 6.07. The van der Waals surface area contributed by atoms with Crippen LogP contribution in [0.25, 0.3) is 10.9 Å². The van der Waals surface area contributed by atoms with E-state index in [1.54, 1.807) is 0 Å². The molecule has 0 spiro atoms. The number of nitrogens with zero attached hydrogens (tertiary/aromatic N) is 1. The lowest BCUT2D eigenvalue weighted by molar-refractivity contribution is -0.0526. The number of para-hydroxylation sites is 1. The molecule has 1 fully saturated rings. The topological polar surface area (TPSA) is 57.7 Å². The molecule has 0 amide bonds. The average Bonchev–Trinajstić information content (AvgIpc) is 3.20. The number of benzene rings is 2. The van der Waals surface area contributed by atoms with Gasteiger partial charge in [-0.15, -0.1) is 0 Å². The number of ether oxygens (including phenoxy) is 2. The van der Waals surface area contributed by atoms with Gasteiger partial charge in [-0.25, -0.2) is 0 Å². The van der Waals surface area contributed by atoms with E-state index in [1.807, 2.05) is 36.5 Å². The van der Waals surface area contributed by atoms with Gasteiger partial charge in [0.2, 0.25) is 0 Å². The van der Waals surface area contributed by atoms with Gasteiger partial charge >= 0.3 is 0 Å². The van der Waals surface area contributed by atoms with Crippen LogP contribution in [0.3, 0.4) is 0 Å². The third-order valence-electron chi connectivity index (χ3n) is 5.69. The summed E-state index contributed by atoms with van der Waals surface area (Å²) >= 11 is 0. The minimum Gasteiger partial charge on any atom is -0.493 e. The summed E-state index contributed by atoms with van der Waals surface area (Å²) in [7, 11) is 0. The molecule has 1 aliphatic rings. The minimum absolute atomic E-state index is 0.355. The first-order valence-corrected chi connectivity index (χ1v) is 10.4. The molecule has 0 saturated carbocycles. The molecular formula is C24H30N2O3. The van der Waals surface area contributed by atoms with Crippen molar-refractivity contribution in [3.63, 3.8) is 0 Å². The normalized spacial score (nSPS) is 16.8. The number of H-pyrrole nitrogens is 1. The maximum atomic E-state index is 10.8. The smallest absolute Gasteiger partial charge is 0.128 e. The van der Waals surface area contributed by atoms with Gasteiger partial charge in [0.25, 0.3) is 0 Å². The lowest BCUT2D eigenvalue weighted by Crippen LogP contribution is -2.48. The van der Waals surface area contributed by atoms with Gasteiger partial charge in [0.05, 0.1) is 6.61 Å². The highest BCUT2D eigenvalue weighted by atomic mass is 16.5. The molecular weight excluding hydrogens is 364 g/mol. The van der Waals surface area contributed by atoms with E-state index < -0.39 is 5.60 Å². The molecule has 3 aromatic rings. The molecule has 154 valence electrons. The number of fused-ring (bicyclic) bond motifs is 1. The molecule has 1 aromatic heterocycles. The van der Waals surface area contributed by atoms with E-state index in [1.165, 1.54) is 5.56 Å². The van der Waals surface area contributed by atoms with Crippen molar-refractivity contribution in [1.82, 2.24) is 9.88 Å². The molecule has 4 rings (SSSR count). The summed E-state index contributed by atoms with van der Waals surface area (Å²) in [6, 6.07) is 16.0. The Balaban J connectivity index is 1.19. The van der Waals surface area contributed by atoms with E-state index in [0.29, 0.717) is 13.2 Å². The van der Waals surface area contributed by atoms with Gasteiger partial charge in [0.1, 0.15) is 23.7 Å². The second kappa shape index (κ2) is 8.89. The van der Waals surface area contributed by atoms with E-state index in [4.69, 9.17) is 9.47 Å². The van der Waals surface area contributed by atoms with Gasteiger partial charge in [-0.2, -0.15) is 0 Å². The molecule has 2 aromatic carbocycles. The minimum atomic E-state index is -0.732. The number of aromatic amines is 1. The maximum absolute atomic E-state index is 10.8. The molecule has 0 radical (unpaired) electrons. The van der Waals surface area contributed by atoms with Gasteiger partial charge < -0.3 is 24.5 Å². The molecule has 2 heterocycles. The third-order valence-corrected chi connectivity index (χ3v) is 5.69. The number of nitrogens with one attached hydrogen (secondary N) is 1. The highest BCUT2D eigenvalue weighted by molar-refractivity contribution is 5.86. The predicted octanol–water partition coefficient (Wildman–Crippen LogP) is 4.15. The van der Waals surface area contributed by atoms with Crippen molar-refractivity contribution in [3.8, 4) is 11.5 Å². The van der Waals surface area contributed by atoms with Crippen LogP contribution in [-0.4, -0.2) is 53.4 Å². The molecule has 5 heteroatoms. The van der Waals surface area contributed by atoms with E-state index in [-0.39, 0.29) is 0 Å². The van der Waals surface area contributed by atoms with Crippen molar-refractivity contribution < 1.29 is 14.6 Å². The molecule has 0 atom stereocenters. The summed E-state index contributed by atoms with van der Waals surface area (Å²) in [5, 5.41) is 11.9. The first kappa shape index (κ1) is 19.8. The fraction of sp³-hybridized carbons (Fsp3) is 0.417. The van der Waals surface area contributed by atoms with Crippen molar-refractivity contribution >= 4 is 10.9 Å². The number of piperidine rings is 1. The van der Waals surface area contributed by atoms with Gasteiger partial charge in [0, 0.05) is 36.7 Å². The standard InChI is InChI=1S/C24H30N2O3/c1-19-16-22-21(8-11-25-22)23(17-19)28-15-5-12-26-13-9-24(27,10-14-26)18-29-20-6-3-2-4-7-20/h2-4,6-8,11,16-17,25,27H,5,9-10,12-15,18H2,1H3. The molecule has 1 saturated heterocycles. The average molecular weight is 395 g/mol. The summed E-state index contributed by atoms with van der Waals surface area (Å²) in [6.45, 7) is 5.90. The van der Waals surface area contributed by atoms with Crippen LogP contribution in [0.4, 0.5) is 0 Å². The fourth-order valence-electron chi connectivity index (χ4n) is 3.93. The van der Waals surface area contributed by atoms with Crippen molar-refractivity contribution in [2.75, 3.05) is 32.8 Å². The largest absolute Gasteiger partial charge is 0.493 e. The van der Waals surface area contributed by atoms with Crippen molar-refractivity contribution in [1.29, 1.82) is 0 Å². The van der Waals surface area contributed by atoms with E-state index in [2.05, 4.69) is 35.0 Å². The monoisotopic (exact) mass is 394 g/mol. The Labute approximate surface area is 172 Å². The third kappa shape index (κ3) is 5.11. The SMILES string of the molecule is Cc1cc(OCCCN2CCC(O)(COc3ccccc3)CC2)c2cc[nH]c2c1. The summed E-state index contributed by atoms with van der Waals surface area (Å²) in [4.78, 5) is 5.65. The van der Waals surface area contributed by atoms with Crippen LogP contribution < -0.4 is 9.47 Å². The quantitative estimate of drug-likeness (QED) is 0.564.